The first-order chi connectivity index (χ1) is 16.7. The predicted octanol–water partition coefficient (Wildman–Crippen LogP) is 3.60. The number of hydrogen-bond donors (Lipinski definition) is 0. The summed E-state index contributed by atoms with van der Waals surface area (Å²) < 4.78 is 13.3. The van der Waals surface area contributed by atoms with Crippen LogP contribution in [0.2, 0.25) is 0 Å². The van der Waals surface area contributed by atoms with Crippen LogP contribution in [-0.2, 0) is 4.79 Å². The summed E-state index contributed by atoms with van der Waals surface area (Å²) in [6.07, 6.45) is -0.698. The summed E-state index contributed by atoms with van der Waals surface area (Å²) in [5.41, 5.74) is 3.18. The minimum absolute atomic E-state index is 0.0395. The average molecular weight is 476 g/mol. The van der Waals surface area contributed by atoms with E-state index >= 15 is 0 Å². The fourth-order valence-corrected chi connectivity index (χ4v) is 5.00. The molecule has 3 heterocycles. The SMILES string of the molecule is CC1=C(C)N2C(=NC3C2C(=O)N(CC(=O)c2ccc(F)cc2)C(=O)N3C)N1C(C)c1ccccc1. The topological polar surface area (TPSA) is 76.5 Å². The van der Waals surface area contributed by atoms with E-state index < -0.39 is 42.3 Å². The number of amides is 3. The van der Waals surface area contributed by atoms with Crippen molar-refractivity contribution < 1.29 is 18.8 Å². The van der Waals surface area contributed by atoms with Crippen LogP contribution in [-0.4, -0.2) is 69.1 Å². The Bertz CT molecular complexity index is 1270. The lowest BCUT2D eigenvalue weighted by atomic mass is 10.1. The average Bonchev–Trinajstić information content (AvgIpc) is 3.36. The number of benzene rings is 2. The van der Waals surface area contributed by atoms with Gasteiger partial charge in [0.05, 0.1) is 12.6 Å². The molecule has 0 spiro atoms. The highest BCUT2D eigenvalue weighted by Gasteiger charge is 2.56. The number of rotatable bonds is 5. The lowest BCUT2D eigenvalue weighted by Crippen LogP contribution is -2.65. The van der Waals surface area contributed by atoms with E-state index in [0.717, 1.165) is 21.9 Å². The van der Waals surface area contributed by atoms with Crippen LogP contribution >= 0.6 is 0 Å². The smallest absolute Gasteiger partial charge is 0.307 e. The van der Waals surface area contributed by atoms with E-state index in [-0.39, 0.29) is 11.6 Å². The molecule has 0 aliphatic carbocycles. The molecule has 0 aromatic heterocycles. The van der Waals surface area contributed by atoms with Crippen LogP contribution in [0.3, 0.4) is 0 Å². The number of halogens is 1. The largest absolute Gasteiger partial charge is 0.328 e. The maximum absolute atomic E-state index is 13.6. The van der Waals surface area contributed by atoms with Crippen molar-refractivity contribution in [3.8, 4) is 0 Å². The number of nitrogens with zero attached hydrogens (tertiary/aromatic N) is 5. The number of allylic oxidation sites excluding steroid dienone is 2. The fraction of sp³-hybridized carbons (Fsp3) is 0.308. The van der Waals surface area contributed by atoms with Crippen LogP contribution in [0.25, 0.3) is 0 Å². The molecule has 35 heavy (non-hydrogen) atoms. The van der Waals surface area contributed by atoms with Gasteiger partial charge < -0.3 is 9.80 Å². The highest BCUT2D eigenvalue weighted by atomic mass is 19.1. The van der Waals surface area contributed by atoms with Gasteiger partial charge in [0.25, 0.3) is 5.91 Å². The molecule has 3 amide bonds. The van der Waals surface area contributed by atoms with Crippen molar-refractivity contribution in [3.63, 3.8) is 0 Å². The van der Waals surface area contributed by atoms with Gasteiger partial charge in [0.1, 0.15) is 5.82 Å². The van der Waals surface area contributed by atoms with Gasteiger partial charge in [0, 0.05) is 24.0 Å². The van der Waals surface area contributed by atoms with Gasteiger partial charge in [-0.2, -0.15) is 0 Å². The summed E-state index contributed by atoms with van der Waals surface area (Å²) in [6.45, 7) is 5.57. The van der Waals surface area contributed by atoms with Crippen molar-refractivity contribution in [2.75, 3.05) is 13.6 Å². The number of guanidine groups is 1. The molecule has 1 saturated heterocycles. The minimum atomic E-state index is -0.767. The molecular weight excluding hydrogens is 449 g/mol. The number of aliphatic imine (C=N–C) groups is 1. The molecule has 3 aliphatic heterocycles. The maximum atomic E-state index is 13.6. The number of Topliss-reactive ketones (excluding diaryl/α,β-unsaturated/α-hetero) is 1. The molecule has 2 aromatic carbocycles. The third-order valence-electron chi connectivity index (χ3n) is 7.07. The Kier molecular flexibility index (Phi) is 5.42. The van der Waals surface area contributed by atoms with Gasteiger partial charge in [0.2, 0.25) is 5.96 Å². The molecule has 2 aromatic rings. The number of carbonyl (C=O) groups is 3. The number of likely N-dealkylation sites (N-methyl/N-ethyl adjacent to an activating group) is 1. The molecule has 180 valence electrons. The number of urea groups is 1. The first kappa shape index (κ1) is 22.8. The summed E-state index contributed by atoms with van der Waals surface area (Å²) in [5, 5.41) is 0. The van der Waals surface area contributed by atoms with Gasteiger partial charge in [-0.25, -0.2) is 14.2 Å². The molecule has 3 unspecified atom stereocenters. The number of ketones is 1. The monoisotopic (exact) mass is 475 g/mol. The van der Waals surface area contributed by atoms with Crippen molar-refractivity contribution in [3.05, 3.63) is 82.9 Å². The molecule has 0 bridgehead atoms. The molecule has 1 fully saturated rings. The Hall–Kier alpha value is -4.01. The standard InChI is InChI=1S/C26H26FN5O3/c1-15-16(2)32-22-23(28-25(32)31(15)17(3)18-8-6-5-7-9-18)29(4)26(35)30(24(22)34)14-21(33)19-10-12-20(27)13-11-19/h5-13,17,22-23H,14H2,1-4H3. The van der Waals surface area contributed by atoms with Gasteiger partial charge in [-0.3, -0.25) is 19.4 Å². The van der Waals surface area contributed by atoms with Crippen LogP contribution in [0.5, 0.6) is 0 Å². The molecular formula is C26H26FN5O3. The molecule has 3 aliphatic rings. The van der Waals surface area contributed by atoms with E-state index in [1.807, 2.05) is 49.1 Å². The van der Waals surface area contributed by atoms with Gasteiger partial charge in [-0.1, -0.05) is 30.3 Å². The van der Waals surface area contributed by atoms with E-state index in [0.29, 0.717) is 5.96 Å². The molecule has 9 heteroatoms. The molecule has 5 rings (SSSR count). The molecule has 0 N–H and O–H groups in total. The zero-order valence-electron chi connectivity index (χ0n) is 20.0. The van der Waals surface area contributed by atoms with Crippen LogP contribution in [0.15, 0.2) is 71.0 Å². The first-order valence-corrected chi connectivity index (χ1v) is 11.5. The predicted molar refractivity (Wildman–Crippen MR) is 128 cm³/mol. The third kappa shape index (κ3) is 3.50. The number of carbonyl (C=O) groups excluding carboxylic acids is 3. The van der Waals surface area contributed by atoms with Crippen LogP contribution in [0, 0.1) is 5.82 Å². The van der Waals surface area contributed by atoms with Crippen molar-refractivity contribution in [2.45, 2.75) is 39.0 Å². The normalized spacial score (nSPS) is 22.5. The lowest BCUT2D eigenvalue weighted by Gasteiger charge is -2.40. The highest BCUT2D eigenvalue weighted by molar-refractivity contribution is 6.09. The second-order valence-electron chi connectivity index (χ2n) is 9.03. The fourth-order valence-electron chi connectivity index (χ4n) is 5.00. The van der Waals surface area contributed by atoms with Gasteiger partial charge in [-0.05, 0) is 50.6 Å². The van der Waals surface area contributed by atoms with Gasteiger partial charge in [-0.15, -0.1) is 0 Å². The minimum Gasteiger partial charge on any atom is -0.307 e. The lowest BCUT2D eigenvalue weighted by molar-refractivity contribution is -0.136. The highest BCUT2D eigenvalue weighted by Crippen LogP contribution is 2.41. The second-order valence-corrected chi connectivity index (χ2v) is 9.03. The first-order valence-electron chi connectivity index (χ1n) is 11.5. The second kappa shape index (κ2) is 8.33. The number of hydrogen-bond acceptors (Lipinski definition) is 6. The number of fused-ring (bicyclic) bond motifs is 3. The van der Waals surface area contributed by atoms with Crippen molar-refractivity contribution >= 4 is 23.7 Å². The van der Waals surface area contributed by atoms with E-state index in [1.54, 1.807) is 7.05 Å². The summed E-state index contributed by atoms with van der Waals surface area (Å²) in [5.74, 6) is -0.771. The van der Waals surface area contributed by atoms with E-state index in [4.69, 9.17) is 4.99 Å². The van der Waals surface area contributed by atoms with E-state index in [1.165, 1.54) is 29.2 Å². The molecule has 0 radical (unpaired) electrons. The molecule has 0 saturated carbocycles. The van der Waals surface area contributed by atoms with Gasteiger partial charge in [0.15, 0.2) is 18.0 Å². The van der Waals surface area contributed by atoms with Crippen molar-refractivity contribution in [1.29, 1.82) is 0 Å². The number of imide groups is 1. The molecule has 3 atom stereocenters. The Labute approximate surface area is 202 Å². The zero-order chi connectivity index (χ0) is 25.0. The van der Waals surface area contributed by atoms with E-state index in [2.05, 4.69) is 11.8 Å². The third-order valence-corrected chi connectivity index (χ3v) is 7.07. The van der Waals surface area contributed by atoms with Crippen LogP contribution in [0.1, 0.15) is 42.7 Å². The Morgan fingerprint density at radius 2 is 1.69 bits per heavy atom. The Morgan fingerprint density at radius 3 is 2.34 bits per heavy atom. The summed E-state index contributed by atoms with van der Waals surface area (Å²) in [4.78, 5) is 50.7. The Balaban J connectivity index is 1.45. The van der Waals surface area contributed by atoms with Crippen LogP contribution in [0.4, 0.5) is 9.18 Å². The molecule has 8 nitrogen and oxygen atoms in total. The van der Waals surface area contributed by atoms with Crippen molar-refractivity contribution in [2.24, 2.45) is 4.99 Å². The summed E-state index contributed by atoms with van der Waals surface area (Å²) in [6, 6.07) is 13.7. The summed E-state index contributed by atoms with van der Waals surface area (Å²) in [7, 11) is 1.59. The maximum Gasteiger partial charge on any atom is 0.328 e. The quantitative estimate of drug-likeness (QED) is 0.618. The Morgan fingerprint density at radius 1 is 1.03 bits per heavy atom. The van der Waals surface area contributed by atoms with Gasteiger partial charge >= 0.3 is 6.03 Å². The van der Waals surface area contributed by atoms with Crippen molar-refractivity contribution in [1.82, 2.24) is 19.6 Å². The van der Waals surface area contributed by atoms with Crippen LogP contribution < -0.4 is 0 Å². The van der Waals surface area contributed by atoms with E-state index in [9.17, 15) is 18.8 Å². The zero-order valence-corrected chi connectivity index (χ0v) is 20.0. The summed E-state index contributed by atoms with van der Waals surface area (Å²) >= 11 is 0.